The number of aryl methyl sites for hydroxylation is 5. The van der Waals surface area contributed by atoms with Crippen LogP contribution in [0.4, 0.5) is 0 Å². The Morgan fingerprint density at radius 2 is 1.95 bits per heavy atom. The highest BCUT2D eigenvalue weighted by Gasteiger charge is 2.15. The highest BCUT2D eigenvalue weighted by Crippen LogP contribution is 2.26. The van der Waals surface area contributed by atoms with Gasteiger partial charge in [-0.15, -0.1) is 0 Å². The van der Waals surface area contributed by atoms with E-state index in [0.29, 0.717) is 0 Å². The average Bonchev–Trinajstić information content (AvgIpc) is 2.91. The van der Waals surface area contributed by atoms with E-state index in [0.717, 1.165) is 46.1 Å². The molecule has 3 aromatic rings. The quantitative estimate of drug-likeness (QED) is 0.778. The molecule has 5 nitrogen and oxygen atoms in total. The summed E-state index contributed by atoms with van der Waals surface area (Å²) in [6, 6.07) is 2.10. The summed E-state index contributed by atoms with van der Waals surface area (Å²) in [4.78, 5) is 12.7. The van der Waals surface area contributed by atoms with Crippen molar-refractivity contribution in [1.82, 2.24) is 24.7 Å². The fraction of sp³-hybridized carbons (Fsp3) is 0.400. The molecule has 3 heterocycles. The van der Waals surface area contributed by atoms with Crippen LogP contribution in [-0.4, -0.2) is 24.7 Å². The van der Waals surface area contributed by atoms with Crippen LogP contribution < -0.4 is 0 Å². The monoisotopic (exact) mass is 269 g/mol. The van der Waals surface area contributed by atoms with E-state index in [2.05, 4.69) is 35.0 Å². The Kier molecular flexibility index (Phi) is 2.85. The molecule has 0 atom stereocenters. The van der Waals surface area contributed by atoms with Gasteiger partial charge in [0.15, 0.2) is 5.65 Å². The lowest BCUT2D eigenvalue weighted by atomic mass is 10.1. The zero-order valence-electron chi connectivity index (χ0n) is 12.6. The molecule has 20 heavy (non-hydrogen) atoms. The molecule has 104 valence electrons. The van der Waals surface area contributed by atoms with Crippen molar-refractivity contribution >= 4 is 11.0 Å². The summed E-state index contributed by atoms with van der Waals surface area (Å²) in [6.45, 7) is 8.25. The standard InChI is InChI=1S/C15H19N5/c1-6-12-16-10(4)14(18-12)11-7-8(2)13-9(3)19-20(5)15(13)17-11/h7H,6H2,1-5H3,(H,16,18). The van der Waals surface area contributed by atoms with Crippen molar-refractivity contribution in [2.75, 3.05) is 0 Å². The average molecular weight is 269 g/mol. The number of H-pyrrole nitrogens is 1. The van der Waals surface area contributed by atoms with Gasteiger partial charge in [0.25, 0.3) is 0 Å². The lowest BCUT2D eigenvalue weighted by Crippen LogP contribution is -1.95. The molecule has 0 fully saturated rings. The molecule has 0 saturated heterocycles. The number of fused-ring (bicyclic) bond motifs is 1. The van der Waals surface area contributed by atoms with E-state index in [9.17, 15) is 0 Å². The van der Waals surface area contributed by atoms with E-state index >= 15 is 0 Å². The summed E-state index contributed by atoms with van der Waals surface area (Å²) >= 11 is 0. The van der Waals surface area contributed by atoms with E-state index in [-0.39, 0.29) is 0 Å². The maximum absolute atomic E-state index is 4.75. The second-order valence-electron chi connectivity index (χ2n) is 5.24. The zero-order chi connectivity index (χ0) is 14.4. The first-order valence-corrected chi connectivity index (χ1v) is 6.88. The summed E-state index contributed by atoms with van der Waals surface area (Å²) in [7, 11) is 1.93. The fourth-order valence-electron chi connectivity index (χ4n) is 2.72. The van der Waals surface area contributed by atoms with Crippen LogP contribution in [0.15, 0.2) is 6.07 Å². The highest BCUT2D eigenvalue weighted by molar-refractivity contribution is 5.84. The lowest BCUT2D eigenvalue weighted by molar-refractivity contribution is 0.774. The number of aromatic nitrogens is 5. The van der Waals surface area contributed by atoms with Gasteiger partial charge in [-0.2, -0.15) is 5.10 Å². The Morgan fingerprint density at radius 3 is 2.60 bits per heavy atom. The van der Waals surface area contributed by atoms with Crippen molar-refractivity contribution in [3.05, 3.63) is 28.8 Å². The van der Waals surface area contributed by atoms with Crippen molar-refractivity contribution in [3.63, 3.8) is 0 Å². The van der Waals surface area contributed by atoms with Gasteiger partial charge in [0, 0.05) is 24.5 Å². The van der Waals surface area contributed by atoms with Crippen LogP contribution in [0, 0.1) is 20.8 Å². The minimum atomic E-state index is 0.896. The maximum atomic E-state index is 4.75. The van der Waals surface area contributed by atoms with Gasteiger partial charge in [0.2, 0.25) is 0 Å². The van der Waals surface area contributed by atoms with Crippen LogP contribution in [0.25, 0.3) is 22.4 Å². The maximum Gasteiger partial charge on any atom is 0.158 e. The Balaban J connectivity index is 2.26. The normalized spacial score (nSPS) is 11.4. The summed E-state index contributed by atoms with van der Waals surface area (Å²) in [5.41, 5.74) is 6.03. The molecular formula is C15H19N5. The molecule has 3 rings (SSSR count). The van der Waals surface area contributed by atoms with Gasteiger partial charge in [0.05, 0.1) is 11.4 Å². The second kappa shape index (κ2) is 4.44. The van der Waals surface area contributed by atoms with Crippen molar-refractivity contribution < 1.29 is 0 Å². The predicted molar refractivity (Wildman–Crippen MR) is 79.7 cm³/mol. The number of nitrogens with zero attached hydrogens (tertiary/aromatic N) is 4. The van der Waals surface area contributed by atoms with Gasteiger partial charge in [-0.3, -0.25) is 4.68 Å². The summed E-state index contributed by atoms with van der Waals surface area (Å²) in [6.07, 6.45) is 0.896. The third-order valence-electron chi connectivity index (χ3n) is 3.68. The second-order valence-corrected chi connectivity index (χ2v) is 5.24. The molecule has 0 aliphatic heterocycles. The summed E-state index contributed by atoms with van der Waals surface area (Å²) in [5.74, 6) is 0.998. The minimum absolute atomic E-state index is 0.896. The van der Waals surface area contributed by atoms with Crippen molar-refractivity contribution in [1.29, 1.82) is 0 Å². The summed E-state index contributed by atoms with van der Waals surface area (Å²) in [5, 5.41) is 5.59. The van der Waals surface area contributed by atoms with Gasteiger partial charge in [-0.1, -0.05) is 6.92 Å². The van der Waals surface area contributed by atoms with Gasteiger partial charge < -0.3 is 4.98 Å². The number of imidazole rings is 1. The van der Waals surface area contributed by atoms with E-state index in [1.807, 2.05) is 25.6 Å². The molecular weight excluding hydrogens is 250 g/mol. The van der Waals surface area contributed by atoms with E-state index < -0.39 is 0 Å². The number of nitrogens with one attached hydrogen (secondary N) is 1. The largest absolute Gasteiger partial charge is 0.346 e. The Hall–Kier alpha value is -2.17. The van der Waals surface area contributed by atoms with E-state index in [1.54, 1.807) is 0 Å². The Bertz CT molecular complexity index is 794. The fourth-order valence-corrected chi connectivity index (χ4v) is 2.72. The summed E-state index contributed by atoms with van der Waals surface area (Å²) < 4.78 is 1.84. The van der Waals surface area contributed by atoms with Gasteiger partial charge >= 0.3 is 0 Å². The molecule has 0 aliphatic carbocycles. The molecule has 0 radical (unpaired) electrons. The third-order valence-corrected chi connectivity index (χ3v) is 3.68. The molecule has 1 N–H and O–H groups in total. The molecule has 5 heteroatoms. The van der Waals surface area contributed by atoms with Crippen LogP contribution in [0.1, 0.15) is 29.7 Å². The smallest absolute Gasteiger partial charge is 0.158 e. The van der Waals surface area contributed by atoms with Crippen molar-refractivity contribution in [3.8, 4) is 11.4 Å². The van der Waals surface area contributed by atoms with Gasteiger partial charge in [-0.05, 0) is 32.4 Å². The van der Waals surface area contributed by atoms with Crippen LogP contribution in [0.3, 0.4) is 0 Å². The number of aromatic amines is 1. The van der Waals surface area contributed by atoms with Crippen LogP contribution in [0.2, 0.25) is 0 Å². The van der Waals surface area contributed by atoms with E-state index in [1.165, 1.54) is 5.56 Å². The zero-order valence-corrected chi connectivity index (χ0v) is 12.6. The Morgan fingerprint density at radius 1 is 1.20 bits per heavy atom. The van der Waals surface area contributed by atoms with Crippen LogP contribution in [0.5, 0.6) is 0 Å². The van der Waals surface area contributed by atoms with Gasteiger partial charge in [-0.25, -0.2) is 9.97 Å². The first-order valence-electron chi connectivity index (χ1n) is 6.88. The van der Waals surface area contributed by atoms with Gasteiger partial charge in [0.1, 0.15) is 11.5 Å². The molecule has 0 aromatic carbocycles. The minimum Gasteiger partial charge on any atom is -0.346 e. The molecule has 0 aliphatic rings. The topological polar surface area (TPSA) is 59.4 Å². The van der Waals surface area contributed by atoms with E-state index in [4.69, 9.17) is 4.98 Å². The molecule has 0 bridgehead atoms. The number of hydrogen-bond donors (Lipinski definition) is 1. The van der Waals surface area contributed by atoms with Crippen molar-refractivity contribution in [2.45, 2.75) is 34.1 Å². The Labute approximate surface area is 118 Å². The van der Waals surface area contributed by atoms with Crippen molar-refractivity contribution in [2.24, 2.45) is 7.05 Å². The number of hydrogen-bond acceptors (Lipinski definition) is 3. The molecule has 0 spiro atoms. The lowest BCUT2D eigenvalue weighted by Gasteiger charge is -2.03. The third kappa shape index (κ3) is 1.81. The first-order chi connectivity index (χ1) is 9.51. The first kappa shape index (κ1) is 12.8. The predicted octanol–water partition coefficient (Wildman–Crippen LogP) is 2.85. The highest BCUT2D eigenvalue weighted by atomic mass is 15.3. The number of rotatable bonds is 2. The van der Waals surface area contributed by atoms with Crippen LogP contribution in [-0.2, 0) is 13.5 Å². The molecule has 0 amide bonds. The number of pyridine rings is 1. The van der Waals surface area contributed by atoms with Crippen LogP contribution >= 0.6 is 0 Å². The molecule has 0 saturated carbocycles. The SMILES string of the molecule is CCc1nc(-c2cc(C)c3c(C)nn(C)c3n2)c(C)[nH]1. The molecule has 3 aromatic heterocycles. The molecule has 0 unspecified atom stereocenters.